The zero-order valence-corrected chi connectivity index (χ0v) is 15.5. The Morgan fingerprint density at radius 3 is 2.38 bits per heavy atom. The number of anilines is 1. The molecule has 0 bridgehead atoms. The molecule has 29 heavy (non-hydrogen) atoms. The highest BCUT2D eigenvalue weighted by Crippen LogP contribution is 2.22. The molecule has 0 aliphatic heterocycles. The quantitative estimate of drug-likeness (QED) is 0.499. The molecule has 0 fully saturated rings. The Labute approximate surface area is 168 Å². The van der Waals surface area contributed by atoms with Crippen LogP contribution < -0.4 is 10.1 Å². The lowest BCUT2D eigenvalue weighted by Gasteiger charge is -2.10. The summed E-state index contributed by atoms with van der Waals surface area (Å²) < 4.78 is 5.56. The Kier molecular flexibility index (Phi) is 5.29. The van der Waals surface area contributed by atoms with Crippen LogP contribution >= 0.6 is 0 Å². The van der Waals surface area contributed by atoms with Gasteiger partial charge >= 0.3 is 0 Å². The van der Waals surface area contributed by atoms with Gasteiger partial charge in [0.1, 0.15) is 5.75 Å². The number of hydrogen-bond acceptors (Lipinski definition) is 4. The molecule has 0 saturated carbocycles. The highest BCUT2D eigenvalue weighted by molar-refractivity contribution is 6.09. The van der Waals surface area contributed by atoms with E-state index in [9.17, 15) is 9.59 Å². The van der Waals surface area contributed by atoms with E-state index in [-0.39, 0.29) is 18.3 Å². The van der Waals surface area contributed by atoms with Gasteiger partial charge in [0.25, 0.3) is 5.91 Å². The summed E-state index contributed by atoms with van der Waals surface area (Å²) in [6.07, 6.45) is 3.44. The molecule has 0 unspecified atom stereocenters. The molecule has 0 atom stereocenters. The highest BCUT2D eigenvalue weighted by atomic mass is 16.5. The predicted molar refractivity (Wildman–Crippen MR) is 112 cm³/mol. The van der Waals surface area contributed by atoms with Crippen molar-refractivity contribution in [2.24, 2.45) is 0 Å². The van der Waals surface area contributed by atoms with Gasteiger partial charge in [-0.15, -0.1) is 0 Å². The van der Waals surface area contributed by atoms with E-state index >= 15 is 0 Å². The second-order valence-electron chi connectivity index (χ2n) is 6.46. The van der Waals surface area contributed by atoms with Gasteiger partial charge < -0.3 is 10.1 Å². The van der Waals surface area contributed by atoms with Gasteiger partial charge in [0.2, 0.25) is 0 Å². The lowest BCUT2D eigenvalue weighted by Crippen LogP contribution is -2.20. The Balaban J connectivity index is 1.37. The molecule has 0 aliphatic carbocycles. The van der Waals surface area contributed by atoms with Gasteiger partial charge in [-0.1, -0.05) is 42.5 Å². The zero-order chi connectivity index (χ0) is 20.1. The number of carbonyl (C=O) groups excluding carboxylic acids is 2. The molecule has 1 amide bonds. The van der Waals surface area contributed by atoms with Crippen molar-refractivity contribution in [1.29, 1.82) is 0 Å². The average molecular weight is 382 g/mol. The maximum atomic E-state index is 12.4. The number of ketones is 1. The van der Waals surface area contributed by atoms with E-state index < -0.39 is 0 Å². The van der Waals surface area contributed by atoms with Crippen LogP contribution in [0.3, 0.4) is 0 Å². The molecule has 1 N–H and O–H groups in total. The van der Waals surface area contributed by atoms with Crippen LogP contribution in [0.4, 0.5) is 5.69 Å². The lowest BCUT2D eigenvalue weighted by molar-refractivity contribution is -0.118. The molecule has 3 aromatic carbocycles. The van der Waals surface area contributed by atoms with Crippen LogP contribution in [-0.4, -0.2) is 23.3 Å². The molecule has 0 spiro atoms. The van der Waals surface area contributed by atoms with E-state index in [2.05, 4.69) is 10.3 Å². The molecule has 1 aromatic heterocycles. The number of fused-ring (bicyclic) bond motifs is 1. The number of nitrogens with one attached hydrogen (secondary N) is 1. The van der Waals surface area contributed by atoms with Crippen LogP contribution in [0.25, 0.3) is 10.8 Å². The zero-order valence-electron chi connectivity index (χ0n) is 15.5. The van der Waals surface area contributed by atoms with Gasteiger partial charge in [-0.25, -0.2) is 0 Å². The molecule has 4 rings (SSSR count). The second-order valence-corrected chi connectivity index (χ2v) is 6.46. The number of ether oxygens (including phenoxy) is 1. The number of nitrogens with zero attached hydrogens (tertiary/aromatic N) is 1. The van der Waals surface area contributed by atoms with Crippen molar-refractivity contribution < 1.29 is 14.3 Å². The summed E-state index contributed by atoms with van der Waals surface area (Å²) in [5.74, 6) is 0.200. The second kappa shape index (κ2) is 8.35. The molecular weight excluding hydrogens is 364 g/mol. The van der Waals surface area contributed by atoms with Gasteiger partial charge in [0, 0.05) is 40.0 Å². The molecule has 0 saturated heterocycles. The number of carbonyl (C=O) groups is 2. The van der Waals surface area contributed by atoms with E-state index in [1.165, 1.54) is 0 Å². The first kappa shape index (κ1) is 18.4. The minimum Gasteiger partial charge on any atom is -0.484 e. The van der Waals surface area contributed by atoms with Crippen LogP contribution in [0, 0.1) is 0 Å². The molecule has 4 aromatic rings. The Morgan fingerprint density at radius 1 is 0.828 bits per heavy atom. The first-order valence-electron chi connectivity index (χ1n) is 9.16. The summed E-state index contributed by atoms with van der Waals surface area (Å²) in [7, 11) is 0. The fourth-order valence-electron chi connectivity index (χ4n) is 3.03. The molecule has 1 heterocycles. The molecule has 5 heteroatoms. The number of rotatable bonds is 6. The number of benzene rings is 3. The Hall–Kier alpha value is -3.99. The van der Waals surface area contributed by atoms with Crippen LogP contribution in [0.15, 0.2) is 91.3 Å². The average Bonchev–Trinajstić information content (AvgIpc) is 2.78. The van der Waals surface area contributed by atoms with Gasteiger partial charge in [-0.05, 0) is 36.4 Å². The standard InChI is InChI=1S/C24H18N2O3/c27-23(26-22-8-4-7-19-15-25-14-13-21(19)22)16-29-20-11-9-18(10-12-20)24(28)17-5-2-1-3-6-17/h1-15H,16H2,(H,26,27). The maximum Gasteiger partial charge on any atom is 0.262 e. The summed E-state index contributed by atoms with van der Waals surface area (Å²) in [4.78, 5) is 28.8. The number of hydrogen-bond donors (Lipinski definition) is 1. The summed E-state index contributed by atoms with van der Waals surface area (Å²) in [5.41, 5.74) is 1.91. The van der Waals surface area contributed by atoms with Crippen molar-refractivity contribution in [1.82, 2.24) is 4.98 Å². The molecule has 142 valence electrons. The minimum atomic E-state index is -0.265. The summed E-state index contributed by atoms with van der Waals surface area (Å²) in [6, 6.07) is 23.3. The van der Waals surface area contributed by atoms with Crippen molar-refractivity contribution in [3.8, 4) is 5.75 Å². The third kappa shape index (κ3) is 4.30. The molecule has 0 radical (unpaired) electrons. The minimum absolute atomic E-state index is 0.0552. The van der Waals surface area contributed by atoms with Gasteiger partial charge in [-0.2, -0.15) is 0 Å². The normalized spacial score (nSPS) is 10.5. The smallest absolute Gasteiger partial charge is 0.262 e. The third-order valence-corrected chi connectivity index (χ3v) is 4.48. The van der Waals surface area contributed by atoms with Gasteiger partial charge in [-0.3, -0.25) is 14.6 Å². The lowest BCUT2D eigenvalue weighted by atomic mass is 10.0. The molecule has 0 aliphatic rings. The third-order valence-electron chi connectivity index (χ3n) is 4.48. The molecular formula is C24H18N2O3. The van der Waals surface area contributed by atoms with E-state index in [0.29, 0.717) is 22.6 Å². The summed E-state index contributed by atoms with van der Waals surface area (Å²) >= 11 is 0. The van der Waals surface area contributed by atoms with Crippen LogP contribution in [-0.2, 0) is 4.79 Å². The van der Waals surface area contributed by atoms with Crippen molar-refractivity contribution in [2.75, 3.05) is 11.9 Å². The number of pyridine rings is 1. The predicted octanol–water partition coefficient (Wildman–Crippen LogP) is 4.48. The molecule has 5 nitrogen and oxygen atoms in total. The topological polar surface area (TPSA) is 68.3 Å². The largest absolute Gasteiger partial charge is 0.484 e. The van der Waals surface area contributed by atoms with E-state index in [1.54, 1.807) is 48.8 Å². The highest BCUT2D eigenvalue weighted by Gasteiger charge is 2.10. The summed E-state index contributed by atoms with van der Waals surface area (Å²) in [5, 5.41) is 4.73. The number of aromatic nitrogens is 1. The monoisotopic (exact) mass is 382 g/mol. The Morgan fingerprint density at radius 2 is 1.59 bits per heavy atom. The number of amides is 1. The van der Waals surface area contributed by atoms with Crippen LogP contribution in [0.1, 0.15) is 15.9 Å². The van der Waals surface area contributed by atoms with Crippen molar-refractivity contribution in [3.63, 3.8) is 0 Å². The van der Waals surface area contributed by atoms with Crippen molar-refractivity contribution >= 4 is 28.2 Å². The van der Waals surface area contributed by atoms with Crippen LogP contribution in [0.2, 0.25) is 0 Å². The van der Waals surface area contributed by atoms with Crippen molar-refractivity contribution in [2.45, 2.75) is 0 Å². The SMILES string of the molecule is O=C(COc1ccc(C(=O)c2ccccc2)cc1)Nc1cccc2cnccc12. The van der Waals surface area contributed by atoms with Crippen LogP contribution in [0.5, 0.6) is 5.75 Å². The van der Waals surface area contributed by atoms with Gasteiger partial charge in [0.15, 0.2) is 12.4 Å². The van der Waals surface area contributed by atoms with E-state index in [1.807, 2.05) is 42.5 Å². The van der Waals surface area contributed by atoms with Crippen molar-refractivity contribution in [3.05, 3.63) is 102 Å². The summed E-state index contributed by atoms with van der Waals surface area (Å²) in [6.45, 7) is -0.131. The fourth-order valence-corrected chi connectivity index (χ4v) is 3.03. The van der Waals surface area contributed by atoms with E-state index in [0.717, 1.165) is 10.8 Å². The maximum absolute atomic E-state index is 12.4. The van der Waals surface area contributed by atoms with E-state index in [4.69, 9.17) is 4.74 Å². The Bertz CT molecular complexity index is 1150. The van der Waals surface area contributed by atoms with Gasteiger partial charge in [0.05, 0.1) is 0 Å². The first-order valence-corrected chi connectivity index (χ1v) is 9.16. The first-order chi connectivity index (χ1) is 14.2. The fraction of sp³-hybridized carbons (Fsp3) is 0.0417.